The number of nitrogens with zero attached hydrogens (tertiary/aromatic N) is 6. The van der Waals surface area contributed by atoms with Crippen molar-refractivity contribution in [1.82, 2.24) is 30.3 Å². The summed E-state index contributed by atoms with van der Waals surface area (Å²) in [4.78, 5) is 16.1. The van der Waals surface area contributed by atoms with E-state index in [0.717, 1.165) is 0 Å². The Kier molecular flexibility index (Phi) is 3.86. The Morgan fingerprint density at radius 1 is 1.41 bits per heavy atom. The van der Waals surface area contributed by atoms with Crippen molar-refractivity contribution in [3.05, 3.63) is 36.2 Å². The molecular formula is C13H13N7O2. The van der Waals surface area contributed by atoms with Crippen molar-refractivity contribution in [2.45, 2.75) is 19.9 Å². The lowest BCUT2D eigenvalue weighted by Crippen LogP contribution is -2.16. The number of aromatic nitrogens is 6. The van der Waals surface area contributed by atoms with Crippen LogP contribution in [0, 0.1) is 6.92 Å². The Labute approximate surface area is 125 Å². The van der Waals surface area contributed by atoms with Gasteiger partial charge >= 0.3 is 0 Å². The fourth-order valence-corrected chi connectivity index (χ4v) is 1.87. The monoisotopic (exact) mass is 299 g/mol. The van der Waals surface area contributed by atoms with Crippen LogP contribution >= 0.6 is 0 Å². The number of carbonyl (C=O) groups is 1. The van der Waals surface area contributed by atoms with Gasteiger partial charge in [-0.05, 0) is 29.5 Å². The summed E-state index contributed by atoms with van der Waals surface area (Å²) in [6, 6.07) is 7.11. The van der Waals surface area contributed by atoms with Crippen LogP contribution in [0.5, 0.6) is 0 Å². The summed E-state index contributed by atoms with van der Waals surface area (Å²) in [5.74, 6) is 1.35. The van der Waals surface area contributed by atoms with Crippen molar-refractivity contribution < 1.29 is 9.32 Å². The van der Waals surface area contributed by atoms with E-state index in [9.17, 15) is 4.79 Å². The van der Waals surface area contributed by atoms with E-state index in [-0.39, 0.29) is 12.3 Å². The van der Waals surface area contributed by atoms with E-state index in [1.807, 2.05) is 12.1 Å². The average Bonchev–Trinajstić information content (AvgIpc) is 3.15. The van der Waals surface area contributed by atoms with Crippen LogP contribution in [-0.2, 0) is 11.3 Å². The smallest absolute Gasteiger partial charge is 0.227 e. The van der Waals surface area contributed by atoms with Gasteiger partial charge < -0.3 is 9.84 Å². The molecule has 3 aromatic heterocycles. The van der Waals surface area contributed by atoms with Gasteiger partial charge in [-0.15, -0.1) is 5.10 Å². The van der Waals surface area contributed by atoms with E-state index in [1.54, 1.807) is 25.3 Å². The number of rotatable bonds is 5. The Morgan fingerprint density at radius 2 is 2.32 bits per heavy atom. The summed E-state index contributed by atoms with van der Waals surface area (Å²) >= 11 is 0. The number of pyridine rings is 1. The number of aryl methyl sites for hydroxylation is 2. The molecule has 0 atom stereocenters. The zero-order valence-corrected chi connectivity index (χ0v) is 11.8. The molecule has 9 heteroatoms. The Balaban J connectivity index is 1.63. The number of nitrogens with one attached hydrogen (secondary N) is 1. The second-order valence-electron chi connectivity index (χ2n) is 4.56. The first kappa shape index (κ1) is 13.9. The first-order valence-electron chi connectivity index (χ1n) is 6.63. The third kappa shape index (κ3) is 3.14. The van der Waals surface area contributed by atoms with Crippen LogP contribution in [0.2, 0.25) is 0 Å². The number of amides is 1. The molecular weight excluding hydrogens is 286 g/mol. The topological polar surface area (TPSA) is 112 Å². The predicted octanol–water partition coefficient (Wildman–Crippen LogP) is 1.06. The largest absolute Gasteiger partial charge is 0.360 e. The van der Waals surface area contributed by atoms with Crippen molar-refractivity contribution in [2.75, 3.05) is 5.32 Å². The highest BCUT2D eigenvalue weighted by Crippen LogP contribution is 2.12. The zero-order valence-electron chi connectivity index (χ0n) is 11.8. The molecule has 0 bridgehead atoms. The van der Waals surface area contributed by atoms with Gasteiger partial charge in [-0.1, -0.05) is 11.2 Å². The molecule has 9 nitrogen and oxygen atoms in total. The maximum Gasteiger partial charge on any atom is 0.227 e. The molecule has 22 heavy (non-hydrogen) atoms. The lowest BCUT2D eigenvalue weighted by atomic mass is 10.3. The molecule has 0 saturated heterocycles. The van der Waals surface area contributed by atoms with Gasteiger partial charge in [-0.3, -0.25) is 9.78 Å². The number of anilines is 1. The fourth-order valence-electron chi connectivity index (χ4n) is 1.87. The van der Waals surface area contributed by atoms with Gasteiger partial charge in [0, 0.05) is 18.7 Å². The summed E-state index contributed by atoms with van der Waals surface area (Å²) in [5, 5.41) is 17.8. The third-order valence-electron chi connectivity index (χ3n) is 2.87. The summed E-state index contributed by atoms with van der Waals surface area (Å²) in [5.41, 5.74) is 0.653. The average molecular weight is 299 g/mol. The van der Waals surface area contributed by atoms with Crippen LogP contribution in [0.15, 0.2) is 35.0 Å². The summed E-state index contributed by atoms with van der Waals surface area (Å²) in [6.45, 7) is 2.09. The third-order valence-corrected chi connectivity index (χ3v) is 2.87. The van der Waals surface area contributed by atoms with E-state index in [1.165, 1.54) is 4.68 Å². The van der Waals surface area contributed by atoms with E-state index in [2.05, 4.69) is 31.0 Å². The van der Waals surface area contributed by atoms with Gasteiger partial charge in [0.1, 0.15) is 11.5 Å². The number of carbonyl (C=O) groups excluding carboxylic acids is 1. The first-order valence-corrected chi connectivity index (χ1v) is 6.63. The molecule has 3 heterocycles. The highest BCUT2D eigenvalue weighted by atomic mass is 16.5. The van der Waals surface area contributed by atoms with E-state index >= 15 is 0 Å². The Hall–Kier alpha value is -3.10. The van der Waals surface area contributed by atoms with Gasteiger partial charge in [-0.25, -0.2) is 4.68 Å². The van der Waals surface area contributed by atoms with Crippen LogP contribution in [0.25, 0.3) is 11.5 Å². The molecule has 0 unspecified atom stereocenters. The number of hydrogen-bond acceptors (Lipinski definition) is 7. The molecule has 0 aliphatic rings. The molecule has 0 aliphatic heterocycles. The molecule has 1 N–H and O–H groups in total. The second-order valence-corrected chi connectivity index (χ2v) is 4.56. The van der Waals surface area contributed by atoms with Crippen molar-refractivity contribution in [3.8, 4) is 11.5 Å². The molecule has 0 radical (unpaired) electrons. The lowest BCUT2D eigenvalue weighted by molar-refractivity contribution is -0.116. The van der Waals surface area contributed by atoms with Gasteiger partial charge in [0.25, 0.3) is 0 Å². The molecule has 3 rings (SSSR count). The molecule has 0 saturated carbocycles. The number of hydrogen-bond donors (Lipinski definition) is 1. The van der Waals surface area contributed by atoms with Gasteiger partial charge in [0.15, 0.2) is 5.82 Å². The Morgan fingerprint density at radius 3 is 3.05 bits per heavy atom. The highest BCUT2D eigenvalue weighted by molar-refractivity contribution is 5.89. The van der Waals surface area contributed by atoms with Crippen LogP contribution in [0.3, 0.4) is 0 Å². The lowest BCUT2D eigenvalue weighted by Gasteiger charge is -2.04. The highest BCUT2D eigenvalue weighted by Gasteiger charge is 2.12. The first-order chi connectivity index (χ1) is 10.7. The van der Waals surface area contributed by atoms with E-state index in [0.29, 0.717) is 29.6 Å². The SMILES string of the molecule is Cc1cc(NC(=O)CCn2nnnc2-c2ccccn2)no1. The second kappa shape index (κ2) is 6.12. The summed E-state index contributed by atoms with van der Waals surface area (Å²) in [6.07, 6.45) is 1.87. The van der Waals surface area contributed by atoms with Crippen molar-refractivity contribution in [2.24, 2.45) is 0 Å². The maximum absolute atomic E-state index is 11.9. The minimum absolute atomic E-state index is 0.198. The molecule has 0 aromatic carbocycles. The standard InChI is InChI=1S/C13H13N7O2/c1-9-8-11(17-22-9)15-12(21)5-7-20-13(16-18-19-20)10-4-2-3-6-14-10/h2-4,6,8H,5,7H2,1H3,(H,15,17,21). The quantitative estimate of drug-likeness (QED) is 0.749. The van der Waals surface area contributed by atoms with E-state index in [4.69, 9.17) is 4.52 Å². The molecule has 3 aromatic rings. The van der Waals surface area contributed by atoms with E-state index < -0.39 is 0 Å². The molecule has 0 aliphatic carbocycles. The molecule has 1 amide bonds. The summed E-state index contributed by atoms with van der Waals surface area (Å²) in [7, 11) is 0. The van der Waals surface area contributed by atoms with Gasteiger partial charge in [0.2, 0.25) is 11.7 Å². The van der Waals surface area contributed by atoms with Crippen LogP contribution in [-0.4, -0.2) is 36.3 Å². The normalized spacial score (nSPS) is 10.6. The van der Waals surface area contributed by atoms with Crippen molar-refractivity contribution >= 4 is 11.7 Å². The number of tetrazole rings is 1. The van der Waals surface area contributed by atoms with Gasteiger partial charge in [0.05, 0.1) is 6.54 Å². The van der Waals surface area contributed by atoms with Crippen LogP contribution < -0.4 is 5.32 Å². The van der Waals surface area contributed by atoms with Crippen LogP contribution in [0.4, 0.5) is 5.82 Å². The Bertz CT molecular complexity index is 766. The maximum atomic E-state index is 11.9. The summed E-state index contributed by atoms with van der Waals surface area (Å²) < 4.78 is 6.42. The molecule has 0 spiro atoms. The van der Waals surface area contributed by atoms with Gasteiger partial charge in [-0.2, -0.15) is 0 Å². The van der Waals surface area contributed by atoms with Crippen LogP contribution in [0.1, 0.15) is 12.2 Å². The van der Waals surface area contributed by atoms with Crippen molar-refractivity contribution in [1.29, 1.82) is 0 Å². The predicted molar refractivity (Wildman–Crippen MR) is 75.5 cm³/mol. The minimum atomic E-state index is -0.198. The zero-order chi connectivity index (χ0) is 15.4. The molecule has 112 valence electrons. The minimum Gasteiger partial charge on any atom is -0.360 e. The fraction of sp³-hybridized carbons (Fsp3) is 0.231. The molecule has 0 fully saturated rings. The van der Waals surface area contributed by atoms with Crippen molar-refractivity contribution in [3.63, 3.8) is 0 Å².